The normalized spacial score (nSPS) is 33.2. The first kappa shape index (κ1) is 17.8. The Kier molecular flexibility index (Phi) is 3.75. The molecule has 0 aliphatic heterocycles. The summed E-state index contributed by atoms with van der Waals surface area (Å²) >= 11 is 0. The van der Waals surface area contributed by atoms with Crippen molar-refractivity contribution in [2.24, 2.45) is 17.8 Å². The summed E-state index contributed by atoms with van der Waals surface area (Å²) in [5.41, 5.74) is -0.370. The molecule has 0 aromatic carbocycles. The summed E-state index contributed by atoms with van der Waals surface area (Å²) < 4.78 is 2.53. The monoisotopic (exact) mass is 386 g/mol. The van der Waals surface area contributed by atoms with Gasteiger partial charge in [-0.2, -0.15) is 0 Å². The number of imidazole rings is 1. The quantitative estimate of drug-likeness (QED) is 0.794. The number of hydrogen-bond donors (Lipinski definition) is 2. The van der Waals surface area contributed by atoms with Crippen LogP contribution in [-0.2, 0) is 23.3 Å². The summed E-state index contributed by atoms with van der Waals surface area (Å²) in [6.45, 7) is 3.55. The van der Waals surface area contributed by atoms with Crippen molar-refractivity contribution in [3.8, 4) is 0 Å². The molecular weight excluding hydrogens is 360 g/mol. The number of carbonyl (C=O) groups excluding carboxylic acids is 1. The molecular formula is C20H26N4O4. The van der Waals surface area contributed by atoms with Crippen molar-refractivity contribution >= 4 is 16.9 Å². The van der Waals surface area contributed by atoms with Crippen molar-refractivity contribution < 1.29 is 9.90 Å². The summed E-state index contributed by atoms with van der Waals surface area (Å²) in [6, 6.07) is 0. The highest BCUT2D eigenvalue weighted by Gasteiger charge is 2.63. The van der Waals surface area contributed by atoms with Crippen LogP contribution >= 0.6 is 0 Å². The average molecular weight is 386 g/mol. The number of nitrogens with zero attached hydrogens (tertiary/aromatic N) is 3. The molecule has 2 N–H and O–H groups in total. The lowest BCUT2D eigenvalue weighted by Gasteiger charge is -2.34. The van der Waals surface area contributed by atoms with Crippen LogP contribution in [0.3, 0.4) is 0 Å². The van der Waals surface area contributed by atoms with Crippen molar-refractivity contribution in [3.05, 3.63) is 26.7 Å². The Bertz CT molecular complexity index is 1080. The number of H-pyrrole nitrogens is 1. The second-order valence-electron chi connectivity index (χ2n) is 9.06. The summed E-state index contributed by atoms with van der Waals surface area (Å²) in [5, 5.41) is 10.5. The molecule has 150 valence electrons. The van der Waals surface area contributed by atoms with E-state index in [1.165, 1.54) is 11.5 Å². The zero-order valence-corrected chi connectivity index (χ0v) is 16.3. The highest BCUT2D eigenvalue weighted by atomic mass is 16.3. The molecule has 5 atom stereocenters. The number of rotatable bonds is 5. The van der Waals surface area contributed by atoms with Crippen LogP contribution < -0.4 is 11.2 Å². The van der Waals surface area contributed by atoms with Crippen molar-refractivity contribution in [3.63, 3.8) is 0 Å². The number of aryl methyl sites for hydroxylation is 1. The van der Waals surface area contributed by atoms with Gasteiger partial charge in [-0.1, -0.05) is 6.92 Å². The number of aliphatic hydroxyl groups is 1. The molecule has 28 heavy (non-hydrogen) atoms. The molecule has 4 bridgehead atoms. The fraction of sp³-hybridized carbons (Fsp3) is 0.700. The zero-order chi connectivity index (χ0) is 19.8. The first-order valence-corrected chi connectivity index (χ1v) is 10.3. The van der Waals surface area contributed by atoms with Gasteiger partial charge in [-0.3, -0.25) is 18.7 Å². The van der Waals surface area contributed by atoms with Gasteiger partial charge in [0.15, 0.2) is 5.65 Å². The summed E-state index contributed by atoms with van der Waals surface area (Å²) in [7, 11) is 0. The van der Waals surface area contributed by atoms with Gasteiger partial charge in [-0.25, -0.2) is 9.78 Å². The van der Waals surface area contributed by atoms with E-state index in [9.17, 15) is 19.5 Å². The SMILES string of the molecule is CCCn1c(=O)n(CC(C)=O)c(=O)c2[nH]c(C34CC5C[C@@H]3C[C@H](C4)[C@@H]5O)nc21. The molecule has 0 radical (unpaired) electrons. The van der Waals surface area contributed by atoms with Crippen LogP contribution in [0.25, 0.3) is 11.2 Å². The number of nitrogens with one attached hydrogen (secondary N) is 1. The van der Waals surface area contributed by atoms with E-state index >= 15 is 0 Å². The fourth-order valence-electron chi connectivity index (χ4n) is 6.28. The van der Waals surface area contributed by atoms with E-state index in [1.54, 1.807) is 0 Å². The Morgan fingerprint density at radius 1 is 1.25 bits per heavy atom. The minimum absolute atomic E-state index is 0.126. The van der Waals surface area contributed by atoms with E-state index in [0.717, 1.165) is 42.5 Å². The molecule has 4 aliphatic rings. The van der Waals surface area contributed by atoms with Gasteiger partial charge in [0.05, 0.1) is 12.6 Å². The number of Topliss-reactive ketones (excluding diaryl/α,β-unsaturated/α-hetero) is 1. The summed E-state index contributed by atoms with van der Waals surface area (Å²) in [4.78, 5) is 45.5. The van der Waals surface area contributed by atoms with Gasteiger partial charge < -0.3 is 10.1 Å². The number of fused-ring (bicyclic) bond motifs is 1. The number of aromatic amines is 1. The number of aliphatic hydroxyl groups excluding tert-OH is 1. The Hall–Kier alpha value is -2.22. The number of hydrogen-bond acceptors (Lipinski definition) is 5. The van der Waals surface area contributed by atoms with E-state index < -0.39 is 11.2 Å². The Morgan fingerprint density at radius 2 is 1.93 bits per heavy atom. The number of ketones is 1. The van der Waals surface area contributed by atoms with Gasteiger partial charge in [-0.15, -0.1) is 0 Å². The highest BCUT2D eigenvalue weighted by molar-refractivity contribution is 5.76. The van der Waals surface area contributed by atoms with Crippen LogP contribution in [0.2, 0.25) is 0 Å². The predicted molar refractivity (Wildman–Crippen MR) is 102 cm³/mol. The molecule has 4 aliphatic carbocycles. The van der Waals surface area contributed by atoms with E-state index in [2.05, 4.69) is 4.98 Å². The lowest BCUT2D eigenvalue weighted by Crippen LogP contribution is -2.41. The van der Waals surface area contributed by atoms with Gasteiger partial charge >= 0.3 is 5.69 Å². The molecule has 0 amide bonds. The molecule has 2 unspecified atom stereocenters. The minimum Gasteiger partial charge on any atom is -0.393 e. The number of carbonyl (C=O) groups is 1. The molecule has 0 saturated heterocycles. The molecule has 4 saturated carbocycles. The first-order chi connectivity index (χ1) is 13.4. The summed E-state index contributed by atoms with van der Waals surface area (Å²) in [6.07, 6.45) is 4.28. The molecule has 8 nitrogen and oxygen atoms in total. The van der Waals surface area contributed by atoms with E-state index in [-0.39, 0.29) is 23.8 Å². The smallest absolute Gasteiger partial charge is 0.333 e. The third-order valence-electron chi connectivity index (χ3n) is 7.34. The van der Waals surface area contributed by atoms with E-state index in [4.69, 9.17) is 4.98 Å². The molecule has 2 aromatic heterocycles. The molecule has 0 spiro atoms. The van der Waals surface area contributed by atoms with Crippen LogP contribution in [-0.4, -0.2) is 36.1 Å². The standard InChI is InChI=1S/C20H26N4O4/c1-3-4-23-16-14(17(27)24(19(23)28)9-10(2)25)21-18(22-16)20-7-11-5-13(20)6-12(8-20)15(11)26/h11-13,15,26H,3-9H2,1-2H3,(H,21,22)/t11-,12?,13+,15+,20?/m1/s1. The predicted octanol–water partition coefficient (Wildman–Crippen LogP) is 0.934. The maximum absolute atomic E-state index is 13.0. The summed E-state index contributed by atoms with van der Waals surface area (Å²) in [5.74, 6) is 1.63. The molecule has 2 heterocycles. The maximum atomic E-state index is 13.0. The van der Waals surface area contributed by atoms with Gasteiger partial charge in [-0.05, 0) is 56.8 Å². The average Bonchev–Trinajstić information content (AvgIpc) is 3.28. The van der Waals surface area contributed by atoms with Crippen LogP contribution in [0, 0.1) is 17.8 Å². The van der Waals surface area contributed by atoms with Crippen molar-refractivity contribution in [2.75, 3.05) is 0 Å². The zero-order valence-electron chi connectivity index (χ0n) is 16.3. The lowest BCUT2D eigenvalue weighted by molar-refractivity contribution is -0.117. The Balaban J connectivity index is 1.71. The van der Waals surface area contributed by atoms with E-state index in [1.807, 2.05) is 6.92 Å². The van der Waals surface area contributed by atoms with E-state index in [0.29, 0.717) is 35.5 Å². The lowest BCUT2D eigenvalue weighted by atomic mass is 9.73. The van der Waals surface area contributed by atoms with Crippen LogP contribution in [0.5, 0.6) is 0 Å². The van der Waals surface area contributed by atoms with Gasteiger partial charge in [0.2, 0.25) is 0 Å². The van der Waals surface area contributed by atoms with Crippen molar-refractivity contribution in [1.29, 1.82) is 0 Å². The second kappa shape index (κ2) is 5.89. The van der Waals surface area contributed by atoms with Crippen LogP contribution in [0.15, 0.2) is 9.59 Å². The topological polar surface area (TPSA) is 110 Å². The van der Waals surface area contributed by atoms with Crippen LogP contribution in [0.4, 0.5) is 0 Å². The second-order valence-corrected chi connectivity index (χ2v) is 9.06. The molecule has 2 aromatic rings. The van der Waals surface area contributed by atoms with Gasteiger partial charge in [0.1, 0.15) is 17.1 Å². The Morgan fingerprint density at radius 3 is 2.54 bits per heavy atom. The first-order valence-electron chi connectivity index (χ1n) is 10.3. The van der Waals surface area contributed by atoms with Crippen LogP contribution in [0.1, 0.15) is 51.8 Å². The highest BCUT2D eigenvalue weighted by Crippen LogP contribution is 2.65. The van der Waals surface area contributed by atoms with Crippen molar-refractivity contribution in [1.82, 2.24) is 19.1 Å². The fourth-order valence-corrected chi connectivity index (χ4v) is 6.28. The third kappa shape index (κ3) is 2.21. The van der Waals surface area contributed by atoms with Crippen molar-refractivity contribution in [2.45, 2.75) is 70.6 Å². The number of aromatic nitrogens is 4. The molecule has 4 fully saturated rings. The Labute approximate surface area is 161 Å². The van der Waals surface area contributed by atoms with Gasteiger partial charge in [0, 0.05) is 12.0 Å². The largest absolute Gasteiger partial charge is 0.393 e. The maximum Gasteiger partial charge on any atom is 0.333 e. The third-order valence-corrected chi connectivity index (χ3v) is 7.34. The van der Waals surface area contributed by atoms with Gasteiger partial charge in [0.25, 0.3) is 5.56 Å². The molecule has 6 rings (SSSR count). The minimum atomic E-state index is -0.476. The molecule has 8 heteroatoms.